The van der Waals surface area contributed by atoms with Crippen LogP contribution >= 0.6 is 11.6 Å². The lowest BCUT2D eigenvalue weighted by Crippen LogP contribution is -2.41. The van der Waals surface area contributed by atoms with Gasteiger partial charge in [-0.1, -0.05) is 23.7 Å². The molecule has 0 saturated heterocycles. The van der Waals surface area contributed by atoms with Crippen molar-refractivity contribution in [3.63, 3.8) is 0 Å². The highest BCUT2D eigenvalue weighted by Crippen LogP contribution is 2.20. The highest BCUT2D eigenvalue weighted by molar-refractivity contribution is 6.33. The van der Waals surface area contributed by atoms with Crippen LogP contribution in [0.5, 0.6) is 0 Å². The number of rotatable bonds is 7. The number of anilines is 1. The normalized spacial score (nSPS) is 10.2. The molecule has 1 rings (SSSR count). The Morgan fingerprint density at radius 3 is 2.40 bits per heavy atom. The molecule has 0 spiro atoms. The van der Waals surface area contributed by atoms with Crippen molar-refractivity contribution >= 4 is 41.0 Å². The van der Waals surface area contributed by atoms with E-state index in [1.165, 1.54) is 0 Å². The van der Waals surface area contributed by atoms with E-state index in [4.69, 9.17) is 11.6 Å². The zero-order chi connectivity index (χ0) is 18.7. The van der Waals surface area contributed by atoms with Crippen molar-refractivity contribution in [2.75, 3.05) is 11.9 Å². The molecule has 3 amide bonds. The van der Waals surface area contributed by atoms with Gasteiger partial charge in [-0.3, -0.25) is 25.2 Å². The molecule has 0 aliphatic carbocycles. The molecular formula is C16H18ClN3O5. The van der Waals surface area contributed by atoms with Crippen molar-refractivity contribution in [1.29, 1.82) is 0 Å². The topological polar surface area (TPSA) is 114 Å². The number of hydrazine groups is 1. The van der Waals surface area contributed by atoms with Crippen LogP contribution in [0, 0.1) is 0 Å². The third-order valence-electron chi connectivity index (χ3n) is 2.71. The molecule has 1 aromatic rings. The highest BCUT2D eigenvalue weighted by Gasteiger charge is 2.09. The minimum Gasteiger partial charge on any atom is -0.463 e. The minimum absolute atomic E-state index is 0.0917. The van der Waals surface area contributed by atoms with E-state index in [1.54, 1.807) is 31.2 Å². The van der Waals surface area contributed by atoms with Gasteiger partial charge in [0.05, 0.1) is 17.3 Å². The third-order valence-corrected chi connectivity index (χ3v) is 3.04. The van der Waals surface area contributed by atoms with E-state index in [9.17, 15) is 19.2 Å². The molecule has 9 heteroatoms. The summed E-state index contributed by atoms with van der Waals surface area (Å²) in [4.78, 5) is 45.7. The van der Waals surface area contributed by atoms with E-state index in [0.29, 0.717) is 10.7 Å². The van der Waals surface area contributed by atoms with Gasteiger partial charge in [0, 0.05) is 25.0 Å². The van der Waals surface area contributed by atoms with Crippen LogP contribution in [-0.4, -0.2) is 30.3 Å². The fourth-order valence-electron chi connectivity index (χ4n) is 1.57. The Balaban J connectivity index is 2.28. The summed E-state index contributed by atoms with van der Waals surface area (Å²) in [6.45, 7) is 1.83. The maximum atomic E-state index is 11.7. The van der Waals surface area contributed by atoms with Gasteiger partial charge < -0.3 is 10.1 Å². The first-order valence-corrected chi connectivity index (χ1v) is 7.78. The summed E-state index contributed by atoms with van der Waals surface area (Å²) < 4.78 is 4.59. The molecule has 0 atom stereocenters. The molecule has 0 radical (unpaired) electrons. The Labute approximate surface area is 149 Å². The van der Waals surface area contributed by atoms with Crippen LogP contribution in [0.1, 0.15) is 19.8 Å². The average Bonchev–Trinajstić information content (AvgIpc) is 2.58. The summed E-state index contributed by atoms with van der Waals surface area (Å²) in [5, 5.41) is 2.96. The SMILES string of the molecule is CCOC(=O)C=CC(=O)NNC(=O)CCC(=O)Nc1ccccc1Cl. The Morgan fingerprint density at radius 2 is 1.72 bits per heavy atom. The van der Waals surface area contributed by atoms with Gasteiger partial charge in [0.15, 0.2) is 0 Å². The molecule has 1 aromatic carbocycles. The Kier molecular flexibility index (Phi) is 8.73. The number of halogens is 1. The van der Waals surface area contributed by atoms with Crippen LogP contribution in [0.15, 0.2) is 36.4 Å². The number of benzene rings is 1. The van der Waals surface area contributed by atoms with Crippen molar-refractivity contribution in [2.24, 2.45) is 0 Å². The van der Waals surface area contributed by atoms with E-state index in [1.807, 2.05) is 0 Å². The van der Waals surface area contributed by atoms with Gasteiger partial charge >= 0.3 is 5.97 Å². The number of carbonyl (C=O) groups is 4. The quantitative estimate of drug-likeness (QED) is 0.382. The lowest BCUT2D eigenvalue weighted by Gasteiger charge is -2.07. The maximum absolute atomic E-state index is 11.7. The molecule has 8 nitrogen and oxygen atoms in total. The number of nitrogens with one attached hydrogen (secondary N) is 3. The Morgan fingerprint density at radius 1 is 1.04 bits per heavy atom. The maximum Gasteiger partial charge on any atom is 0.330 e. The molecule has 25 heavy (non-hydrogen) atoms. The summed E-state index contributed by atoms with van der Waals surface area (Å²) in [5.74, 6) is -2.33. The summed E-state index contributed by atoms with van der Waals surface area (Å²) >= 11 is 5.91. The number of para-hydroxylation sites is 1. The number of carbonyl (C=O) groups excluding carboxylic acids is 4. The van der Waals surface area contributed by atoms with Gasteiger partial charge in [0.25, 0.3) is 5.91 Å². The second-order valence-electron chi connectivity index (χ2n) is 4.65. The third kappa shape index (κ3) is 8.52. The molecule has 0 aliphatic heterocycles. The van der Waals surface area contributed by atoms with Gasteiger partial charge in [0.2, 0.25) is 11.8 Å². The summed E-state index contributed by atoms with van der Waals surface area (Å²) in [6, 6.07) is 6.71. The highest BCUT2D eigenvalue weighted by atomic mass is 35.5. The number of amides is 3. The van der Waals surface area contributed by atoms with E-state index in [2.05, 4.69) is 20.9 Å². The summed E-state index contributed by atoms with van der Waals surface area (Å²) in [7, 11) is 0. The second kappa shape index (κ2) is 10.8. The number of esters is 1. The van der Waals surface area contributed by atoms with Crippen molar-refractivity contribution < 1.29 is 23.9 Å². The first-order valence-electron chi connectivity index (χ1n) is 7.40. The monoisotopic (exact) mass is 367 g/mol. The van der Waals surface area contributed by atoms with Crippen molar-refractivity contribution in [3.05, 3.63) is 41.4 Å². The first-order chi connectivity index (χ1) is 11.9. The first kappa shape index (κ1) is 20.2. The molecule has 134 valence electrons. The Bertz CT molecular complexity index is 675. The Hall–Kier alpha value is -2.87. The van der Waals surface area contributed by atoms with E-state index in [-0.39, 0.29) is 19.4 Å². The lowest BCUT2D eigenvalue weighted by molar-refractivity contribution is -0.137. The number of ether oxygens (including phenoxy) is 1. The zero-order valence-electron chi connectivity index (χ0n) is 13.5. The molecule has 0 saturated carbocycles. The summed E-state index contributed by atoms with van der Waals surface area (Å²) in [6.07, 6.45) is 1.62. The van der Waals surface area contributed by atoms with E-state index >= 15 is 0 Å². The van der Waals surface area contributed by atoms with Crippen molar-refractivity contribution in [2.45, 2.75) is 19.8 Å². The molecule has 0 unspecified atom stereocenters. The predicted molar refractivity (Wildman–Crippen MR) is 91.4 cm³/mol. The van der Waals surface area contributed by atoms with Crippen LogP contribution in [0.3, 0.4) is 0 Å². The molecular weight excluding hydrogens is 350 g/mol. The molecule has 0 heterocycles. The smallest absolute Gasteiger partial charge is 0.330 e. The minimum atomic E-state index is -0.707. The largest absolute Gasteiger partial charge is 0.463 e. The van der Waals surface area contributed by atoms with Crippen LogP contribution in [-0.2, 0) is 23.9 Å². The standard InChI is InChI=1S/C16H18ClN3O5/c1-2-25-16(24)10-9-15(23)20-19-14(22)8-7-13(21)18-12-6-4-3-5-11(12)17/h3-6,9-10H,2,7-8H2,1H3,(H,18,21)(H,19,22)(H,20,23). The summed E-state index contributed by atoms with van der Waals surface area (Å²) in [5.41, 5.74) is 4.65. The predicted octanol–water partition coefficient (Wildman–Crippen LogP) is 1.33. The molecule has 0 aromatic heterocycles. The molecule has 0 aliphatic rings. The lowest BCUT2D eigenvalue weighted by atomic mass is 10.2. The number of hydrogen-bond donors (Lipinski definition) is 3. The van der Waals surface area contributed by atoms with Gasteiger partial charge in [-0.15, -0.1) is 0 Å². The molecule has 0 fully saturated rings. The van der Waals surface area contributed by atoms with Gasteiger partial charge in [-0.05, 0) is 19.1 Å². The zero-order valence-corrected chi connectivity index (χ0v) is 14.3. The van der Waals surface area contributed by atoms with Gasteiger partial charge in [0.1, 0.15) is 0 Å². The van der Waals surface area contributed by atoms with Gasteiger partial charge in [-0.25, -0.2) is 4.79 Å². The van der Waals surface area contributed by atoms with E-state index < -0.39 is 23.7 Å². The van der Waals surface area contributed by atoms with Crippen LogP contribution in [0.4, 0.5) is 5.69 Å². The fourth-order valence-corrected chi connectivity index (χ4v) is 1.75. The van der Waals surface area contributed by atoms with Crippen LogP contribution in [0.2, 0.25) is 5.02 Å². The molecule has 0 bridgehead atoms. The fraction of sp³-hybridized carbons (Fsp3) is 0.250. The van der Waals surface area contributed by atoms with E-state index in [0.717, 1.165) is 12.2 Å². The van der Waals surface area contributed by atoms with Crippen LogP contribution in [0.25, 0.3) is 0 Å². The molecule has 3 N–H and O–H groups in total. The van der Waals surface area contributed by atoms with Crippen molar-refractivity contribution in [3.8, 4) is 0 Å². The average molecular weight is 368 g/mol. The van der Waals surface area contributed by atoms with Crippen molar-refractivity contribution in [1.82, 2.24) is 10.9 Å². The van der Waals surface area contributed by atoms with Crippen LogP contribution < -0.4 is 16.2 Å². The van der Waals surface area contributed by atoms with Gasteiger partial charge in [-0.2, -0.15) is 0 Å². The number of hydrogen-bond acceptors (Lipinski definition) is 5. The second-order valence-corrected chi connectivity index (χ2v) is 5.06.